The molecule has 0 saturated carbocycles. The van der Waals surface area contributed by atoms with Crippen molar-refractivity contribution in [2.75, 3.05) is 6.61 Å². The Morgan fingerprint density at radius 2 is 1.58 bits per heavy atom. The molecule has 0 bridgehead atoms. The second kappa shape index (κ2) is 12.6. The van der Waals surface area contributed by atoms with Gasteiger partial charge in [0.15, 0.2) is 5.76 Å². The summed E-state index contributed by atoms with van der Waals surface area (Å²) in [7, 11) is 0. The van der Waals surface area contributed by atoms with Gasteiger partial charge in [-0.15, -0.1) is 11.8 Å². The third kappa shape index (κ3) is 6.86. The monoisotopic (exact) mass is 501 g/mol. The molecule has 0 aliphatic rings. The van der Waals surface area contributed by atoms with Gasteiger partial charge in [0.25, 0.3) is 0 Å². The maximum atomic E-state index is 11.6. The lowest BCUT2D eigenvalue weighted by atomic mass is 9.99. The number of hydrogen-bond donors (Lipinski definition) is 1. The summed E-state index contributed by atoms with van der Waals surface area (Å²) >= 11 is 1.51. The summed E-state index contributed by atoms with van der Waals surface area (Å²) in [4.78, 5) is 11.6. The van der Waals surface area contributed by atoms with E-state index in [1.807, 2.05) is 44.2 Å². The van der Waals surface area contributed by atoms with Crippen molar-refractivity contribution in [2.24, 2.45) is 0 Å². The van der Waals surface area contributed by atoms with Crippen LogP contribution in [-0.4, -0.2) is 28.3 Å². The topological polar surface area (TPSA) is 72.6 Å². The Balaban J connectivity index is 1.40. The average molecular weight is 502 g/mol. The number of aromatic nitrogens is 1. The number of nitrogens with zero attached hydrogens (tertiary/aromatic N) is 1. The van der Waals surface area contributed by atoms with Crippen molar-refractivity contribution in [3.8, 4) is 22.5 Å². The van der Waals surface area contributed by atoms with Gasteiger partial charge in [-0.05, 0) is 42.5 Å². The number of aryl methyl sites for hydroxylation is 2. The maximum absolute atomic E-state index is 11.6. The molecule has 1 unspecified atom stereocenters. The zero-order valence-electron chi connectivity index (χ0n) is 20.6. The molecule has 1 N–H and O–H groups in total. The molecule has 6 heteroatoms. The highest BCUT2D eigenvalue weighted by molar-refractivity contribution is 7.98. The molecule has 0 saturated heterocycles. The average Bonchev–Trinajstić information content (AvgIpc) is 3.27. The van der Waals surface area contributed by atoms with Crippen LogP contribution < -0.4 is 0 Å². The van der Waals surface area contributed by atoms with Crippen molar-refractivity contribution in [1.82, 2.24) is 5.16 Å². The van der Waals surface area contributed by atoms with Crippen LogP contribution in [-0.2, 0) is 28.1 Å². The first-order valence-corrected chi connectivity index (χ1v) is 13.2. The SMILES string of the molecule is CCOC(=O)CCc1ccc(-c2ccc(-c3onc(C)c3CC(O)SCc3ccccc3)cc2)cc1. The molecular weight excluding hydrogens is 470 g/mol. The fourth-order valence-corrected chi connectivity index (χ4v) is 4.88. The Morgan fingerprint density at radius 3 is 2.25 bits per heavy atom. The fourth-order valence-electron chi connectivity index (χ4n) is 4.01. The van der Waals surface area contributed by atoms with Crippen LogP contribution in [0.15, 0.2) is 83.4 Å². The second-order valence-corrected chi connectivity index (χ2v) is 9.78. The van der Waals surface area contributed by atoms with Crippen LogP contribution >= 0.6 is 11.8 Å². The van der Waals surface area contributed by atoms with Crippen molar-refractivity contribution >= 4 is 17.7 Å². The van der Waals surface area contributed by atoms with Crippen molar-refractivity contribution in [2.45, 2.75) is 44.3 Å². The van der Waals surface area contributed by atoms with Crippen LogP contribution in [0.4, 0.5) is 0 Å². The molecule has 1 aromatic heterocycles. The second-order valence-electron chi connectivity index (χ2n) is 8.61. The van der Waals surface area contributed by atoms with Crippen molar-refractivity contribution < 1.29 is 19.2 Å². The molecule has 1 heterocycles. The summed E-state index contributed by atoms with van der Waals surface area (Å²) in [6.45, 7) is 4.14. The summed E-state index contributed by atoms with van der Waals surface area (Å²) in [5.74, 6) is 1.28. The molecular formula is C30H31NO4S. The normalized spacial score (nSPS) is 11.9. The van der Waals surface area contributed by atoms with E-state index in [9.17, 15) is 9.90 Å². The number of benzene rings is 3. The van der Waals surface area contributed by atoms with Crippen LogP contribution in [0.1, 0.15) is 35.7 Å². The molecule has 0 aliphatic carbocycles. The van der Waals surface area contributed by atoms with Crippen LogP contribution in [0, 0.1) is 6.92 Å². The zero-order chi connectivity index (χ0) is 25.3. The van der Waals surface area contributed by atoms with E-state index in [-0.39, 0.29) is 5.97 Å². The smallest absolute Gasteiger partial charge is 0.306 e. The van der Waals surface area contributed by atoms with E-state index in [4.69, 9.17) is 9.26 Å². The molecule has 186 valence electrons. The number of hydrogen-bond acceptors (Lipinski definition) is 6. The highest BCUT2D eigenvalue weighted by atomic mass is 32.2. The number of ether oxygens (including phenoxy) is 1. The van der Waals surface area contributed by atoms with Crippen molar-refractivity contribution in [1.29, 1.82) is 0 Å². The highest BCUT2D eigenvalue weighted by Crippen LogP contribution is 2.31. The molecule has 0 spiro atoms. The first kappa shape index (κ1) is 25.7. The summed E-state index contributed by atoms with van der Waals surface area (Å²) in [6, 6.07) is 26.5. The molecule has 4 aromatic rings. The summed E-state index contributed by atoms with van der Waals surface area (Å²) in [5, 5.41) is 14.8. The Kier molecular flexibility index (Phi) is 8.98. The number of rotatable bonds is 11. The van der Waals surface area contributed by atoms with Gasteiger partial charge < -0.3 is 14.4 Å². The Bertz CT molecular complexity index is 1250. The quantitative estimate of drug-likeness (QED) is 0.184. The van der Waals surface area contributed by atoms with E-state index in [1.54, 1.807) is 0 Å². The molecule has 5 nitrogen and oxygen atoms in total. The minimum atomic E-state index is -0.552. The third-order valence-electron chi connectivity index (χ3n) is 6.01. The number of thioether (sulfide) groups is 1. The lowest BCUT2D eigenvalue weighted by Crippen LogP contribution is -2.07. The Morgan fingerprint density at radius 1 is 0.944 bits per heavy atom. The van der Waals surface area contributed by atoms with Gasteiger partial charge in [-0.2, -0.15) is 0 Å². The van der Waals surface area contributed by atoms with E-state index in [1.165, 1.54) is 17.3 Å². The lowest BCUT2D eigenvalue weighted by Gasteiger charge is -2.11. The summed E-state index contributed by atoms with van der Waals surface area (Å²) < 4.78 is 10.7. The van der Waals surface area contributed by atoms with Crippen molar-refractivity contribution in [3.63, 3.8) is 0 Å². The summed E-state index contributed by atoms with van der Waals surface area (Å²) in [5.41, 5.74) is 6.59. The Hall–Kier alpha value is -3.35. The number of aliphatic hydroxyl groups is 1. The zero-order valence-corrected chi connectivity index (χ0v) is 21.5. The van der Waals surface area contributed by atoms with Gasteiger partial charge in [-0.25, -0.2) is 0 Å². The lowest BCUT2D eigenvalue weighted by molar-refractivity contribution is -0.143. The standard InChI is InChI=1S/C30H31NO4S/c1-3-34-28(32)18-11-22-9-12-24(13-10-22)25-14-16-26(17-15-25)30-27(21(2)31-35-30)19-29(33)36-20-23-7-5-4-6-8-23/h4-10,12-17,29,33H,3,11,18-20H2,1-2H3. The van der Waals surface area contributed by atoms with Gasteiger partial charge in [0.05, 0.1) is 12.3 Å². The highest BCUT2D eigenvalue weighted by Gasteiger charge is 2.19. The molecule has 1 atom stereocenters. The van der Waals surface area contributed by atoms with E-state index in [2.05, 4.69) is 53.7 Å². The van der Waals surface area contributed by atoms with Crippen LogP contribution in [0.3, 0.4) is 0 Å². The van der Waals surface area contributed by atoms with Gasteiger partial charge >= 0.3 is 5.97 Å². The molecule has 0 fully saturated rings. The number of carbonyl (C=O) groups is 1. The minimum absolute atomic E-state index is 0.165. The van der Waals surface area contributed by atoms with Crippen LogP contribution in [0.25, 0.3) is 22.5 Å². The van der Waals surface area contributed by atoms with Gasteiger partial charge in [0.1, 0.15) is 5.44 Å². The predicted molar refractivity (Wildman–Crippen MR) is 145 cm³/mol. The first-order chi connectivity index (χ1) is 17.5. The summed E-state index contributed by atoms with van der Waals surface area (Å²) in [6.07, 6.45) is 1.53. The molecule has 3 aromatic carbocycles. The van der Waals surface area contributed by atoms with E-state index >= 15 is 0 Å². The fraction of sp³-hybridized carbons (Fsp3) is 0.267. The molecule has 0 radical (unpaired) electrons. The third-order valence-corrected chi connectivity index (χ3v) is 7.06. The Labute approximate surface area is 216 Å². The molecule has 36 heavy (non-hydrogen) atoms. The first-order valence-electron chi connectivity index (χ1n) is 12.2. The number of aliphatic hydroxyl groups excluding tert-OH is 1. The predicted octanol–water partition coefficient (Wildman–Crippen LogP) is 6.61. The van der Waals surface area contributed by atoms with Crippen molar-refractivity contribution in [3.05, 3.63) is 101 Å². The minimum Gasteiger partial charge on any atom is -0.466 e. The maximum Gasteiger partial charge on any atom is 0.306 e. The van der Waals surface area contributed by atoms with Gasteiger partial charge in [-0.1, -0.05) is 84.0 Å². The van der Waals surface area contributed by atoms with Gasteiger partial charge in [0, 0.05) is 29.7 Å². The molecule has 4 rings (SSSR count). The largest absolute Gasteiger partial charge is 0.466 e. The van der Waals surface area contributed by atoms with E-state index < -0.39 is 5.44 Å². The molecule has 0 aliphatic heterocycles. The number of esters is 1. The van der Waals surface area contributed by atoms with E-state index in [0.29, 0.717) is 31.6 Å². The van der Waals surface area contributed by atoms with Crippen LogP contribution in [0.5, 0.6) is 0 Å². The number of carbonyl (C=O) groups excluding carboxylic acids is 1. The van der Waals surface area contributed by atoms with Gasteiger partial charge in [-0.3, -0.25) is 4.79 Å². The van der Waals surface area contributed by atoms with Gasteiger partial charge in [0.2, 0.25) is 0 Å². The van der Waals surface area contributed by atoms with E-state index in [0.717, 1.165) is 39.3 Å². The molecule has 0 amide bonds. The van der Waals surface area contributed by atoms with Crippen LogP contribution in [0.2, 0.25) is 0 Å².